The highest BCUT2D eigenvalue weighted by Gasteiger charge is 2.25. The molecule has 25 heavy (non-hydrogen) atoms. The van der Waals surface area contributed by atoms with Gasteiger partial charge in [-0.3, -0.25) is 14.9 Å². The van der Waals surface area contributed by atoms with E-state index in [1.165, 1.54) is 30.3 Å². The van der Waals surface area contributed by atoms with Gasteiger partial charge in [0.15, 0.2) is 0 Å². The fourth-order valence-electron chi connectivity index (χ4n) is 3.09. The summed E-state index contributed by atoms with van der Waals surface area (Å²) < 4.78 is 13.4. The van der Waals surface area contributed by atoms with E-state index in [2.05, 4.69) is 5.32 Å². The second-order valence-electron chi connectivity index (χ2n) is 6.01. The molecule has 130 valence electrons. The lowest BCUT2D eigenvalue weighted by Gasteiger charge is -2.34. The van der Waals surface area contributed by atoms with E-state index in [9.17, 15) is 19.3 Å². The zero-order chi connectivity index (χ0) is 17.8. The molecule has 6 nitrogen and oxygen atoms in total. The summed E-state index contributed by atoms with van der Waals surface area (Å²) in [6.07, 6.45) is 1.62. The van der Waals surface area contributed by atoms with Gasteiger partial charge < -0.3 is 10.2 Å². The quantitative estimate of drug-likeness (QED) is 0.683. The minimum Gasteiger partial charge on any atom is -0.369 e. The summed E-state index contributed by atoms with van der Waals surface area (Å²) in [6, 6.07) is 12.1. The van der Waals surface area contributed by atoms with Gasteiger partial charge >= 0.3 is 0 Å². The molecule has 7 heteroatoms. The Bertz CT molecular complexity index is 797. The first kappa shape index (κ1) is 16.9. The molecule has 1 atom stereocenters. The number of amides is 1. The van der Waals surface area contributed by atoms with E-state index in [1.807, 2.05) is 11.0 Å². The van der Waals surface area contributed by atoms with Crippen molar-refractivity contribution in [1.82, 2.24) is 5.32 Å². The third kappa shape index (κ3) is 3.93. The van der Waals surface area contributed by atoms with Gasteiger partial charge in [-0.15, -0.1) is 0 Å². The van der Waals surface area contributed by atoms with Crippen LogP contribution in [0.1, 0.15) is 23.2 Å². The fraction of sp³-hybridized carbons (Fsp3) is 0.278. The highest BCUT2D eigenvalue weighted by molar-refractivity contribution is 5.98. The monoisotopic (exact) mass is 343 g/mol. The van der Waals surface area contributed by atoms with E-state index in [4.69, 9.17) is 0 Å². The molecule has 0 unspecified atom stereocenters. The Kier molecular flexibility index (Phi) is 4.92. The summed E-state index contributed by atoms with van der Waals surface area (Å²) in [5.74, 6) is -0.762. The first-order valence-corrected chi connectivity index (χ1v) is 8.09. The van der Waals surface area contributed by atoms with E-state index in [1.54, 1.807) is 12.1 Å². The maximum Gasteiger partial charge on any atom is 0.282 e. The van der Waals surface area contributed by atoms with Gasteiger partial charge in [0.2, 0.25) is 0 Å². The normalized spacial score (nSPS) is 17.2. The van der Waals surface area contributed by atoms with Crippen LogP contribution in [0.5, 0.6) is 0 Å². The number of carbonyl (C=O) groups excluding carboxylic acids is 1. The third-order valence-corrected chi connectivity index (χ3v) is 4.28. The van der Waals surface area contributed by atoms with E-state index in [0.29, 0.717) is 6.54 Å². The maximum absolute atomic E-state index is 13.4. The molecular weight excluding hydrogens is 325 g/mol. The molecule has 1 saturated heterocycles. The number of benzene rings is 2. The molecule has 0 aromatic heterocycles. The number of rotatable bonds is 4. The smallest absolute Gasteiger partial charge is 0.282 e. The summed E-state index contributed by atoms with van der Waals surface area (Å²) in [5.41, 5.74) is 0.609. The number of nitrogens with one attached hydrogen (secondary N) is 1. The Balaban J connectivity index is 1.71. The Hall–Kier alpha value is -2.96. The molecule has 1 fully saturated rings. The molecule has 0 bridgehead atoms. The van der Waals surface area contributed by atoms with E-state index >= 15 is 0 Å². The van der Waals surface area contributed by atoms with Crippen molar-refractivity contribution < 1.29 is 14.1 Å². The molecule has 0 saturated carbocycles. The van der Waals surface area contributed by atoms with Gasteiger partial charge in [0.05, 0.1) is 4.92 Å². The number of para-hydroxylation sites is 1. The van der Waals surface area contributed by atoms with Crippen LogP contribution in [0, 0.1) is 15.9 Å². The summed E-state index contributed by atoms with van der Waals surface area (Å²) in [4.78, 5) is 25.0. The number of carbonyl (C=O) groups is 1. The van der Waals surface area contributed by atoms with Crippen molar-refractivity contribution in [2.24, 2.45) is 0 Å². The number of hydrogen-bond donors (Lipinski definition) is 1. The molecule has 0 spiro atoms. The van der Waals surface area contributed by atoms with Gasteiger partial charge in [0.25, 0.3) is 11.6 Å². The van der Waals surface area contributed by atoms with Crippen LogP contribution in [0.4, 0.5) is 15.8 Å². The Morgan fingerprint density at radius 2 is 2.04 bits per heavy atom. The van der Waals surface area contributed by atoms with Crippen LogP contribution >= 0.6 is 0 Å². The van der Waals surface area contributed by atoms with Crippen LogP contribution in [0.25, 0.3) is 0 Å². The lowest BCUT2D eigenvalue weighted by atomic mass is 10.0. The van der Waals surface area contributed by atoms with E-state index in [0.717, 1.165) is 25.1 Å². The van der Waals surface area contributed by atoms with Crippen molar-refractivity contribution >= 4 is 17.3 Å². The molecule has 2 aromatic carbocycles. The van der Waals surface area contributed by atoms with Crippen molar-refractivity contribution in [3.8, 4) is 0 Å². The Morgan fingerprint density at radius 3 is 2.80 bits per heavy atom. The largest absolute Gasteiger partial charge is 0.369 e. The van der Waals surface area contributed by atoms with Crippen molar-refractivity contribution in [3.63, 3.8) is 0 Å². The van der Waals surface area contributed by atoms with Crippen LogP contribution < -0.4 is 10.2 Å². The molecule has 1 aliphatic rings. The number of halogens is 1. The lowest BCUT2D eigenvalue weighted by molar-refractivity contribution is -0.385. The first-order valence-electron chi connectivity index (χ1n) is 8.09. The van der Waals surface area contributed by atoms with Gasteiger partial charge in [-0.1, -0.05) is 18.2 Å². The average Bonchev–Trinajstić information content (AvgIpc) is 2.62. The van der Waals surface area contributed by atoms with Crippen LogP contribution in [0.15, 0.2) is 48.5 Å². The number of nitro groups is 1. The highest BCUT2D eigenvalue weighted by Crippen LogP contribution is 2.22. The van der Waals surface area contributed by atoms with Crippen molar-refractivity contribution in [3.05, 3.63) is 70.0 Å². The van der Waals surface area contributed by atoms with Crippen molar-refractivity contribution in [1.29, 1.82) is 0 Å². The van der Waals surface area contributed by atoms with E-state index in [-0.39, 0.29) is 23.1 Å². The molecule has 3 rings (SSSR count). The van der Waals surface area contributed by atoms with Crippen LogP contribution in [-0.4, -0.2) is 30.0 Å². The second kappa shape index (κ2) is 7.29. The highest BCUT2D eigenvalue weighted by atomic mass is 19.1. The average molecular weight is 343 g/mol. The van der Waals surface area contributed by atoms with Gasteiger partial charge in [0.1, 0.15) is 11.4 Å². The van der Waals surface area contributed by atoms with Crippen LogP contribution in [0.3, 0.4) is 0 Å². The second-order valence-corrected chi connectivity index (χ2v) is 6.01. The third-order valence-electron chi connectivity index (χ3n) is 4.28. The predicted molar refractivity (Wildman–Crippen MR) is 92.2 cm³/mol. The summed E-state index contributed by atoms with van der Waals surface area (Å²) >= 11 is 0. The molecule has 0 aliphatic carbocycles. The van der Waals surface area contributed by atoms with Crippen molar-refractivity contribution in [2.75, 3.05) is 18.0 Å². The molecular formula is C18H18FN3O3. The zero-order valence-corrected chi connectivity index (χ0v) is 13.5. The van der Waals surface area contributed by atoms with Gasteiger partial charge in [-0.25, -0.2) is 4.39 Å². The molecule has 2 aromatic rings. The number of hydrogen-bond acceptors (Lipinski definition) is 4. The van der Waals surface area contributed by atoms with Gasteiger partial charge in [0, 0.05) is 30.9 Å². The maximum atomic E-state index is 13.4. The standard InChI is InChI=1S/C18H18FN3O3/c19-13-5-3-7-15(11-13)21-10-4-6-14(12-21)20-18(23)16-8-1-2-9-17(16)22(24)25/h1-3,5,7-9,11,14H,4,6,10,12H2,(H,20,23)/t14-/m1/s1. The summed E-state index contributed by atoms with van der Waals surface area (Å²) in [7, 11) is 0. The predicted octanol–water partition coefficient (Wildman–Crippen LogP) is 3.13. The molecule has 0 radical (unpaired) electrons. The number of piperidine rings is 1. The zero-order valence-electron chi connectivity index (χ0n) is 13.5. The first-order chi connectivity index (χ1) is 12.0. The Labute approximate surface area is 144 Å². The minimum absolute atomic E-state index is 0.0513. The summed E-state index contributed by atoms with van der Waals surface area (Å²) in [5, 5.41) is 13.9. The SMILES string of the molecule is O=C(N[C@@H]1CCCN(c2cccc(F)c2)C1)c1ccccc1[N+](=O)[O-]. The molecule has 1 aliphatic heterocycles. The lowest BCUT2D eigenvalue weighted by Crippen LogP contribution is -2.48. The Morgan fingerprint density at radius 1 is 1.24 bits per heavy atom. The molecule has 1 N–H and O–H groups in total. The molecule has 1 amide bonds. The van der Waals surface area contributed by atoms with E-state index < -0.39 is 10.8 Å². The number of nitrogens with zero attached hydrogens (tertiary/aromatic N) is 2. The van der Waals surface area contributed by atoms with Gasteiger partial charge in [-0.05, 0) is 37.1 Å². The topological polar surface area (TPSA) is 75.5 Å². The van der Waals surface area contributed by atoms with Crippen LogP contribution in [-0.2, 0) is 0 Å². The minimum atomic E-state index is -0.561. The van der Waals surface area contributed by atoms with Gasteiger partial charge in [-0.2, -0.15) is 0 Å². The summed E-state index contributed by atoms with van der Waals surface area (Å²) in [6.45, 7) is 1.32. The molecule has 1 heterocycles. The number of nitro benzene ring substituents is 1. The fourth-order valence-corrected chi connectivity index (χ4v) is 3.09. The van der Waals surface area contributed by atoms with Crippen LogP contribution in [0.2, 0.25) is 0 Å². The number of anilines is 1. The van der Waals surface area contributed by atoms with Crippen molar-refractivity contribution in [2.45, 2.75) is 18.9 Å².